The monoisotopic (exact) mass is 412 g/mol. The van der Waals surface area contributed by atoms with E-state index in [1.165, 1.54) is 0 Å². The molecule has 2 N–H and O–H groups in total. The Morgan fingerprint density at radius 3 is 2.67 bits per heavy atom. The molecule has 1 saturated heterocycles. The van der Waals surface area contributed by atoms with Gasteiger partial charge >= 0.3 is 6.03 Å². The van der Waals surface area contributed by atoms with Crippen molar-refractivity contribution < 1.29 is 19.5 Å². The van der Waals surface area contributed by atoms with E-state index >= 15 is 0 Å². The molecule has 3 amide bonds. The zero-order valence-corrected chi connectivity index (χ0v) is 17.2. The van der Waals surface area contributed by atoms with Crippen molar-refractivity contribution >= 4 is 11.9 Å². The van der Waals surface area contributed by atoms with Gasteiger partial charge in [0, 0.05) is 43.2 Å². The highest BCUT2D eigenvalue weighted by Gasteiger charge is 2.36. The Morgan fingerprint density at radius 2 is 1.97 bits per heavy atom. The number of allylic oxidation sites excluding steroid dienone is 3. The number of nitrogens with zero attached hydrogens (tertiary/aromatic N) is 3. The van der Waals surface area contributed by atoms with Crippen LogP contribution in [-0.2, 0) is 6.54 Å². The zero-order chi connectivity index (χ0) is 21.1. The zero-order valence-electron chi connectivity index (χ0n) is 17.2. The lowest BCUT2D eigenvalue weighted by Crippen LogP contribution is -2.55. The molecule has 8 nitrogen and oxygen atoms in total. The summed E-state index contributed by atoms with van der Waals surface area (Å²) in [5.74, 6) is 0.152. The van der Waals surface area contributed by atoms with Crippen LogP contribution in [0.3, 0.4) is 0 Å². The number of urea groups is 1. The standard InChI is InChI=1S/C22H28N4O4/c1-24-9-11-25(12-10-24)22(28)26-14-18-8-7-17(21(27)23-29)13-20(18)30-15-19(26)16-5-3-2-4-6-16/h2-5,7-8,13,16,19,29H,6,9-12,14-15H2,1H3,(H,23,27)/t16?,19-/m1/s1. The maximum absolute atomic E-state index is 13.5. The van der Waals surface area contributed by atoms with E-state index in [9.17, 15) is 9.59 Å². The van der Waals surface area contributed by atoms with Crippen LogP contribution < -0.4 is 10.2 Å². The number of carbonyl (C=O) groups excluding carboxylic acids is 2. The summed E-state index contributed by atoms with van der Waals surface area (Å²) in [6.07, 6.45) is 9.15. The van der Waals surface area contributed by atoms with Crippen LogP contribution in [0.25, 0.3) is 0 Å². The fourth-order valence-corrected chi connectivity index (χ4v) is 4.22. The van der Waals surface area contributed by atoms with E-state index < -0.39 is 5.91 Å². The smallest absolute Gasteiger partial charge is 0.320 e. The molecule has 1 aliphatic carbocycles. The summed E-state index contributed by atoms with van der Waals surface area (Å²) in [5.41, 5.74) is 2.82. The average molecular weight is 412 g/mol. The number of nitrogens with one attached hydrogen (secondary N) is 1. The van der Waals surface area contributed by atoms with Crippen LogP contribution in [0.2, 0.25) is 0 Å². The minimum Gasteiger partial charge on any atom is -0.491 e. The van der Waals surface area contributed by atoms with Gasteiger partial charge in [-0.15, -0.1) is 0 Å². The number of hydrogen-bond donors (Lipinski definition) is 2. The van der Waals surface area contributed by atoms with Gasteiger partial charge in [0.15, 0.2) is 0 Å². The number of carbonyl (C=O) groups is 2. The van der Waals surface area contributed by atoms with Crippen LogP contribution in [0.1, 0.15) is 22.3 Å². The van der Waals surface area contributed by atoms with Gasteiger partial charge in [-0.1, -0.05) is 30.4 Å². The van der Waals surface area contributed by atoms with E-state index in [1.807, 2.05) is 22.0 Å². The molecule has 1 aromatic rings. The maximum Gasteiger partial charge on any atom is 0.320 e. The lowest BCUT2D eigenvalue weighted by molar-refractivity contribution is 0.0706. The maximum atomic E-state index is 13.5. The van der Waals surface area contributed by atoms with Gasteiger partial charge in [-0.05, 0) is 25.6 Å². The molecule has 2 atom stereocenters. The molecule has 0 radical (unpaired) electrons. The first kappa shape index (κ1) is 20.4. The van der Waals surface area contributed by atoms with E-state index in [-0.39, 0.29) is 18.0 Å². The van der Waals surface area contributed by atoms with Crippen molar-refractivity contribution in [3.63, 3.8) is 0 Å². The number of benzene rings is 1. The van der Waals surface area contributed by atoms with Crippen molar-refractivity contribution in [1.29, 1.82) is 0 Å². The van der Waals surface area contributed by atoms with Crippen molar-refractivity contribution in [2.45, 2.75) is 19.0 Å². The number of hydrogen-bond acceptors (Lipinski definition) is 5. The predicted molar refractivity (Wildman–Crippen MR) is 111 cm³/mol. The van der Waals surface area contributed by atoms with Crippen LogP contribution in [0.4, 0.5) is 4.79 Å². The first-order valence-corrected chi connectivity index (χ1v) is 10.3. The Labute approximate surface area is 176 Å². The third kappa shape index (κ3) is 4.20. The molecule has 4 rings (SSSR count). The topological polar surface area (TPSA) is 85.4 Å². The lowest BCUT2D eigenvalue weighted by atomic mass is 9.92. The molecular formula is C22H28N4O4. The number of fused-ring (bicyclic) bond motifs is 1. The van der Waals surface area contributed by atoms with Crippen molar-refractivity contribution in [3.8, 4) is 5.75 Å². The minimum absolute atomic E-state index is 0.0321. The third-order valence-corrected chi connectivity index (χ3v) is 6.11. The minimum atomic E-state index is -0.590. The van der Waals surface area contributed by atoms with Crippen molar-refractivity contribution in [2.24, 2.45) is 5.92 Å². The fourth-order valence-electron chi connectivity index (χ4n) is 4.22. The van der Waals surface area contributed by atoms with Gasteiger partial charge in [0.2, 0.25) is 0 Å². The van der Waals surface area contributed by atoms with Crippen LogP contribution >= 0.6 is 0 Å². The largest absolute Gasteiger partial charge is 0.491 e. The lowest BCUT2D eigenvalue weighted by Gasteiger charge is -2.40. The van der Waals surface area contributed by atoms with Gasteiger partial charge in [-0.25, -0.2) is 10.3 Å². The molecule has 0 bridgehead atoms. The predicted octanol–water partition coefficient (Wildman–Crippen LogP) is 1.87. The van der Waals surface area contributed by atoms with E-state index in [4.69, 9.17) is 9.94 Å². The molecule has 1 fully saturated rings. The fraction of sp³-hybridized carbons (Fsp3) is 0.455. The third-order valence-electron chi connectivity index (χ3n) is 6.11. The summed E-state index contributed by atoms with van der Waals surface area (Å²) in [4.78, 5) is 31.4. The van der Waals surface area contributed by atoms with Crippen LogP contribution in [0.15, 0.2) is 42.5 Å². The first-order valence-electron chi connectivity index (χ1n) is 10.3. The van der Waals surface area contributed by atoms with E-state index in [2.05, 4.69) is 24.1 Å². The molecular weight excluding hydrogens is 384 g/mol. The number of likely N-dealkylation sites (N-methyl/N-ethyl adjacent to an activating group) is 1. The SMILES string of the molecule is CN1CCN(C(=O)N2Cc3ccc(C(=O)NO)cc3OC[C@@H]2C2C=CC=CC2)CC1. The normalized spacial score (nSPS) is 24.1. The van der Waals surface area contributed by atoms with Crippen LogP contribution in [0, 0.1) is 5.92 Å². The molecule has 8 heteroatoms. The second-order valence-electron chi connectivity index (χ2n) is 8.06. The summed E-state index contributed by atoms with van der Waals surface area (Å²) in [7, 11) is 2.07. The Kier molecular flexibility index (Phi) is 6.06. The van der Waals surface area contributed by atoms with Gasteiger partial charge in [0.25, 0.3) is 5.91 Å². The van der Waals surface area contributed by atoms with Crippen LogP contribution in [-0.4, -0.2) is 77.7 Å². The molecule has 1 aromatic carbocycles. The molecule has 2 aliphatic heterocycles. The highest BCUT2D eigenvalue weighted by molar-refractivity contribution is 5.93. The number of rotatable bonds is 2. The number of amides is 3. The Morgan fingerprint density at radius 1 is 1.17 bits per heavy atom. The second kappa shape index (κ2) is 8.89. The molecule has 3 aliphatic rings. The van der Waals surface area contributed by atoms with E-state index in [0.717, 1.165) is 25.1 Å². The summed E-state index contributed by atoms with van der Waals surface area (Å²) in [6.45, 7) is 3.91. The summed E-state index contributed by atoms with van der Waals surface area (Å²) in [5, 5.41) is 8.92. The first-order chi connectivity index (χ1) is 14.6. The second-order valence-corrected chi connectivity index (χ2v) is 8.06. The highest BCUT2D eigenvalue weighted by Crippen LogP contribution is 2.31. The summed E-state index contributed by atoms with van der Waals surface area (Å²) >= 11 is 0. The number of ether oxygens (including phenoxy) is 1. The van der Waals surface area contributed by atoms with Crippen molar-refractivity contribution in [2.75, 3.05) is 39.8 Å². The summed E-state index contributed by atoms with van der Waals surface area (Å²) < 4.78 is 6.09. The van der Waals surface area contributed by atoms with Gasteiger partial charge in [0.1, 0.15) is 12.4 Å². The molecule has 2 heterocycles. The van der Waals surface area contributed by atoms with Gasteiger partial charge < -0.3 is 19.4 Å². The van der Waals surface area contributed by atoms with E-state index in [0.29, 0.717) is 37.6 Å². The average Bonchev–Trinajstić information content (AvgIpc) is 2.98. The molecule has 0 aromatic heterocycles. The highest BCUT2D eigenvalue weighted by atomic mass is 16.5. The molecule has 1 unspecified atom stereocenters. The van der Waals surface area contributed by atoms with Gasteiger partial charge in [-0.2, -0.15) is 0 Å². The number of hydroxylamine groups is 1. The van der Waals surface area contributed by atoms with Crippen molar-refractivity contribution in [3.05, 3.63) is 53.6 Å². The quantitative estimate of drug-likeness (QED) is 0.572. The molecule has 0 saturated carbocycles. The molecule has 30 heavy (non-hydrogen) atoms. The molecule has 0 spiro atoms. The summed E-state index contributed by atoms with van der Waals surface area (Å²) in [6, 6.07) is 4.97. The Balaban J connectivity index is 1.62. The van der Waals surface area contributed by atoms with Gasteiger partial charge in [0.05, 0.1) is 12.6 Å². The van der Waals surface area contributed by atoms with Gasteiger partial charge in [-0.3, -0.25) is 10.0 Å². The van der Waals surface area contributed by atoms with E-state index in [1.54, 1.807) is 23.7 Å². The Bertz CT molecular complexity index is 861. The van der Waals surface area contributed by atoms with Crippen molar-refractivity contribution in [1.82, 2.24) is 20.2 Å². The molecule has 160 valence electrons. The van der Waals surface area contributed by atoms with Crippen LogP contribution in [0.5, 0.6) is 5.75 Å². The Hall–Kier alpha value is -2.84. The number of piperazine rings is 1.